The Labute approximate surface area is 166 Å². The number of hydrogen-bond acceptors (Lipinski definition) is 6. The molecule has 0 unspecified atom stereocenters. The maximum absolute atomic E-state index is 14.9. The summed E-state index contributed by atoms with van der Waals surface area (Å²) >= 11 is 0. The molecule has 3 aromatic rings. The summed E-state index contributed by atoms with van der Waals surface area (Å²) in [6.07, 6.45) is 1.41. The van der Waals surface area contributed by atoms with Gasteiger partial charge in [-0.25, -0.2) is 14.2 Å². The number of benzene rings is 1. The van der Waals surface area contributed by atoms with Crippen LogP contribution in [0.3, 0.4) is 0 Å². The average Bonchev–Trinajstić information content (AvgIpc) is 2.75. The smallest absolute Gasteiger partial charge is 0.343 e. The van der Waals surface area contributed by atoms with Gasteiger partial charge in [-0.15, -0.1) is 0 Å². The molecule has 29 heavy (non-hydrogen) atoms. The largest absolute Gasteiger partial charge is 0.462 e. The molecule has 8 heteroatoms. The number of rotatable bonds is 4. The standard InChI is InChI=1S/C21H20FN3O4/c1-2-29-21(27)16-13-25(14-6-4-3-5-7-14)19-15(18(16)26)12-17(22)20(23-19)24-8-10-28-11-9-24/h3-7,12-13H,2,8-11H2,1H3. The molecule has 0 saturated carbocycles. The minimum atomic E-state index is -0.748. The fourth-order valence-corrected chi connectivity index (χ4v) is 3.35. The predicted octanol–water partition coefficient (Wildman–Crippen LogP) is 2.54. The minimum Gasteiger partial charge on any atom is -0.462 e. The summed E-state index contributed by atoms with van der Waals surface area (Å²) in [6, 6.07) is 10.3. The first-order valence-corrected chi connectivity index (χ1v) is 9.41. The van der Waals surface area contributed by atoms with E-state index in [9.17, 15) is 14.0 Å². The SMILES string of the molecule is CCOC(=O)c1cn(-c2ccccc2)c2nc(N3CCOCC3)c(F)cc2c1=O. The van der Waals surface area contributed by atoms with Crippen molar-refractivity contribution in [3.63, 3.8) is 0 Å². The molecule has 1 fully saturated rings. The summed E-state index contributed by atoms with van der Waals surface area (Å²) in [7, 11) is 0. The monoisotopic (exact) mass is 397 g/mol. The molecule has 7 nitrogen and oxygen atoms in total. The number of halogens is 1. The van der Waals surface area contributed by atoms with Gasteiger partial charge in [0.1, 0.15) is 5.56 Å². The van der Waals surface area contributed by atoms with Crippen LogP contribution in [0.15, 0.2) is 47.4 Å². The van der Waals surface area contributed by atoms with Crippen molar-refractivity contribution >= 4 is 22.8 Å². The van der Waals surface area contributed by atoms with Crippen LogP contribution in [-0.4, -0.2) is 48.4 Å². The summed E-state index contributed by atoms with van der Waals surface area (Å²) < 4.78 is 26.8. The molecule has 2 aromatic heterocycles. The van der Waals surface area contributed by atoms with E-state index in [1.54, 1.807) is 16.4 Å². The predicted molar refractivity (Wildman–Crippen MR) is 106 cm³/mol. The Morgan fingerprint density at radius 3 is 2.66 bits per heavy atom. The number of carbonyl (C=O) groups is 1. The summed E-state index contributed by atoms with van der Waals surface area (Å²) in [4.78, 5) is 31.5. The zero-order chi connectivity index (χ0) is 20.4. The van der Waals surface area contributed by atoms with E-state index in [2.05, 4.69) is 4.98 Å². The third-order valence-corrected chi connectivity index (χ3v) is 4.75. The lowest BCUT2D eigenvalue weighted by molar-refractivity contribution is 0.0524. The summed E-state index contributed by atoms with van der Waals surface area (Å²) in [5.74, 6) is -1.20. The Kier molecular flexibility index (Phi) is 5.26. The van der Waals surface area contributed by atoms with E-state index < -0.39 is 17.2 Å². The highest BCUT2D eigenvalue weighted by Crippen LogP contribution is 2.24. The van der Waals surface area contributed by atoms with Crippen LogP contribution in [0.4, 0.5) is 10.2 Å². The topological polar surface area (TPSA) is 73.7 Å². The number of fused-ring (bicyclic) bond motifs is 1. The average molecular weight is 397 g/mol. The van der Waals surface area contributed by atoms with E-state index >= 15 is 0 Å². The van der Waals surface area contributed by atoms with Gasteiger partial charge in [-0.05, 0) is 25.1 Å². The van der Waals surface area contributed by atoms with Crippen molar-refractivity contribution in [1.82, 2.24) is 9.55 Å². The normalized spacial score (nSPS) is 14.2. The first-order valence-electron chi connectivity index (χ1n) is 9.41. The molecule has 0 radical (unpaired) electrons. The van der Waals surface area contributed by atoms with E-state index in [4.69, 9.17) is 9.47 Å². The lowest BCUT2D eigenvalue weighted by Gasteiger charge is -2.28. The number of nitrogens with zero attached hydrogens (tertiary/aromatic N) is 3. The molecule has 0 N–H and O–H groups in total. The van der Waals surface area contributed by atoms with Gasteiger partial charge >= 0.3 is 5.97 Å². The fraction of sp³-hybridized carbons (Fsp3) is 0.286. The van der Waals surface area contributed by atoms with Crippen molar-refractivity contribution in [2.45, 2.75) is 6.92 Å². The second kappa shape index (κ2) is 8.00. The molecule has 0 spiro atoms. The molecule has 1 saturated heterocycles. The van der Waals surface area contributed by atoms with Crippen LogP contribution in [0.5, 0.6) is 0 Å². The van der Waals surface area contributed by atoms with Gasteiger partial charge in [0.05, 0.1) is 25.2 Å². The minimum absolute atomic E-state index is 0.0221. The van der Waals surface area contributed by atoms with Crippen LogP contribution in [0.2, 0.25) is 0 Å². The van der Waals surface area contributed by atoms with E-state index in [1.165, 1.54) is 6.20 Å². The van der Waals surface area contributed by atoms with Gasteiger partial charge in [-0.3, -0.25) is 4.79 Å². The molecule has 0 amide bonds. The Morgan fingerprint density at radius 1 is 1.24 bits per heavy atom. The number of ether oxygens (including phenoxy) is 2. The van der Waals surface area contributed by atoms with E-state index in [0.717, 1.165) is 6.07 Å². The highest BCUT2D eigenvalue weighted by atomic mass is 19.1. The molecule has 0 aliphatic carbocycles. The van der Waals surface area contributed by atoms with E-state index in [1.807, 2.05) is 30.3 Å². The third-order valence-electron chi connectivity index (χ3n) is 4.75. The van der Waals surface area contributed by atoms with Crippen molar-refractivity contribution in [1.29, 1.82) is 0 Å². The number of pyridine rings is 2. The van der Waals surface area contributed by atoms with Gasteiger partial charge in [-0.2, -0.15) is 0 Å². The third kappa shape index (κ3) is 3.58. The van der Waals surface area contributed by atoms with E-state index in [0.29, 0.717) is 32.0 Å². The van der Waals surface area contributed by atoms with Gasteiger partial charge in [0.2, 0.25) is 5.43 Å². The van der Waals surface area contributed by atoms with Crippen LogP contribution in [0.1, 0.15) is 17.3 Å². The van der Waals surface area contributed by atoms with Gasteiger partial charge < -0.3 is 18.9 Å². The Hall–Kier alpha value is -3.26. The second-order valence-corrected chi connectivity index (χ2v) is 6.56. The number of carbonyl (C=O) groups excluding carboxylic acids is 1. The molecule has 1 aliphatic heterocycles. The van der Waals surface area contributed by atoms with Crippen molar-refractivity contribution in [2.75, 3.05) is 37.8 Å². The maximum atomic E-state index is 14.9. The van der Waals surface area contributed by atoms with Crippen LogP contribution in [-0.2, 0) is 9.47 Å². The molecule has 3 heterocycles. The van der Waals surface area contributed by atoms with Gasteiger partial charge in [0.25, 0.3) is 0 Å². The fourth-order valence-electron chi connectivity index (χ4n) is 3.35. The highest BCUT2D eigenvalue weighted by molar-refractivity contribution is 5.93. The van der Waals surface area contributed by atoms with Crippen molar-refractivity contribution < 1.29 is 18.7 Å². The number of hydrogen-bond donors (Lipinski definition) is 0. The second-order valence-electron chi connectivity index (χ2n) is 6.56. The summed E-state index contributed by atoms with van der Waals surface area (Å²) in [6.45, 7) is 3.76. The molecule has 1 aromatic carbocycles. The van der Waals surface area contributed by atoms with Crippen LogP contribution < -0.4 is 10.3 Å². The zero-order valence-corrected chi connectivity index (χ0v) is 15.9. The number of esters is 1. The van der Waals surface area contributed by atoms with Crippen molar-refractivity contribution in [3.8, 4) is 5.69 Å². The Morgan fingerprint density at radius 2 is 1.97 bits per heavy atom. The quantitative estimate of drug-likeness (QED) is 0.630. The molecule has 150 valence electrons. The lowest BCUT2D eigenvalue weighted by atomic mass is 10.1. The van der Waals surface area contributed by atoms with Crippen molar-refractivity contribution in [3.05, 3.63) is 64.2 Å². The molecule has 4 rings (SSSR count). The Balaban J connectivity index is 1.98. The summed E-state index contributed by atoms with van der Waals surface area (Å²) in [5.41, 5.74) is 0.196. The maximum Gasteiger partial charge on any atom is 0.343 e. The summed E-state index contributed by atoms with van der Waals surface area (Å²) in [5, 5.41) is 0.0221. The van der Waals surface area contributed by atoms with E-state index in [-0.39, 0.29) is 29.0 Å². The molecular weight excluding hydrogens is 377 g/mol. The number of anilines is 1. The van der Waals surface area contributed by atoms with Crippen LogP contribution in [0, 0.1) is 5.82 Å². The van der Waals surface area contributed by atoms with Gasteiger partial charge in [0.15, 0.2) is 17.3 Å². The van der Waals surface area contributed by atoms with Crippen LogP contribution in [0.25, 0.3) is 16.7 Å². The first kappa shape index (κ1) is 19.1. The number of morpholine rings is 1. The Bertz CT molecular complexity index is 1110. The molecule has 0 atom stereocenters. The zero-order valence-electron chi connectivity index (χ0n) is 15.9. The highest BCUT2D eigenvalue weighted by Gasteiger charge is 2.23. The molecule has 1 aliphatic rings. The van der Waals surface area contributed by atoms with Crippen LogP contribution >= 0.6 is 0 Å². The first-order chi connectivity index (χ1) is 14.1. The number of para-hydroxylation sites is 1. The molecular formula is C21H20FN3O4. The van der Waals surface area contributed by atoms with Crippen molar-refractivity contribution in [2.24, 2.45) is 0 Å². The number of aromatic nitrogens is 2. The lowest BCUT2D eigenvalue weighted by Crippen LogP contribution is -2.37. The van der Waals surface area contributed by atoms with Gasteiger partial charge in [-0.1, -0.05) is 18.2 Å². The molecule has 0 bridgehead atoms. The van der Waals surface area contributed by atoms with Gasteiger partial charge in [0, 0.05) is 25.0 Å².